The molecular weight excluding hydrogens is 238 g/mol. The third-order valence-electron chi connectivity index (χ3n) is 3.01. The lowest BCUT2D eigenvalue weighted by Gasteiger charge is -2.10. The standard InChI is InChI=1S/C16H19NO2/c1-3-13-10-12(4-9-16(13)18-2)11-19-15-7-5-14(17)6-8-15/h4-10H,3,11,17H2,1-2H3. The first kappa shape index (κ1) is 13.3. The van der Waals surface area contributed by atoms with E-state index in [4.69, 9.17) is 15.2 Å². The maximum atomic E-state index is 5.72. The Morgan fingerprint density at radius 2 is 1.79 bits per heavy atom. The summed E-state index contributed by atoms with van der Waals surface area (Å²) >= 11 is 0. The molecule has 100 valence electrons. The highest BCUT2D eigenvalue weighted by Crippen LogP contribution is 2.21. The molecule has 19 heavy (non-hydrogen) atoms. The highest BCUT2D eigenvalue weighted by molar-refractivity contribution is 5.42. The van der Waals surface area contributed by atoms with E-state index in [0.717, 1.165) is 29.2 Å². The first-order valence-corrected chi connectivity index (χ1v) is 6.37. The lowest BCUT2D eigenvalue weighted by Crippen LogP contribution is -1.98. The van der Waals surface area contributed by atoms with Crippen molar-refractivity contribution in [3.8, 4) is 11.5 Å². The van der Waals surface area contributed by atoms with Crippen molar-refractivity contribution in [2.45, 2.75) is 20.0 Å². The number of rotatable bonds is 5. The van der Waals surface area contributed by atoms with E-state index in [1.54, 1.807) is 7.11 Å². The van der Waals surface area contributed by atoms with Gasteiger partial charge in [-0.3, -0.25) is 0 Å². The lowest BCUT2D eigenvalue weighted by molar-refractivity contribution is 0.306. The molecule has 2 rings (SSSR count). The Morgan fingerprint density at radius 1 is 1.05 bits per heavy atom. The van der Waals surface area contributed by atoms with E-state index < -0.39 is 0 Å². The van der Waals surface area contributed by atoms with Crippen LogP contribution < -0.4 is 15.2 Å². The van der Waals surface area contributed by atoms with Gasteiger partial charge in [-0.15, -0.1) is 0 Å². The van der Waals surface area contributed by atoms with Crippen LogP contribution in [0.2, 0.25) is 0 Å². The Bertz CT molecular complexity index is 535. The molecule has 0 aromatic heterocycles. The topological polar surface area (TPSA) is 44.5 Å². The number of nitrogens with two attached hydrogens (primary N) is 1. The second-order valence-corrected chi connectivity index (χ2v) is 4.36. The Morgan fingerprint density at radius 3 is 2.42 bits per heavy atom. The van der Waals surface area contributed by atoms with Crippen molar-refractivity contribution in [1.29, 1.82) is 0 Å². The summed E-state index contributed by atoms with van der Waals surface area (Å²) in [7, 11) is 1.69. The van der Waals surface area contributed by atoms with Crippen molar-refractivity contribution in [3.05, 3.63) is 53.6 Å². The quantitative estimate of drug-likeness (QED) is 0.835. The molecule has 3 heteroatoms. The third kappa shape index (κ3) is 3.41. The highest BCUT2D eigenvalue weighted by atomic mass is 16.5. The molecule has 0 saturated carbocycles. The monoisotopic (exact) mass is 257 g/mol. The third-order valence-corrected chi connectivity index (χ3v) is 3.01. The summed E-state index contributed by atoms with van der Waals surface area (Å²) in [6, 6.07) is 13.5. The zero-order chi connectivity index (χ0) is 13.7. The van der Waals surface area contributed by atoms with Gasteiger partial charge in [0.25, 0.3) is 0 Å². The van der Waals surface area contributed by atoms with Gasteiger partial charge in [-0.1, -0.05) is 13.0 Å². The maximum absolute atomic E-state index is 5.72. The molecule has 2 aromatic rings. The molecule has 0 aliphatic carbocycles. The molecule has 0 fully saturated rings. The number of aryl methyl sites for hydroxylation is 1. The maximum Gasteiger partial charge on any atom is 0.122 e. The van der Waals surface area contributed by atoms with Gasteiger partial charge in [0.2, 0.25) is 0 Å². The SMILES string of the molecule is CCc1cc(COc2ccc(N)cc2)ccc1OC. The van der Waals surface area contributed by atoms with Gasteiger partial charge in [-0.05, 0) is 53.9 Å². The summed E-state index contributed by atoms with van der Waals surface area (Å²) in [4.78, 5) is 0. The Balaban J connectivity index is 2.05. The van der Waals surface area contributed by atoms with Crippen molar-refractivity contribution < 1.29 is 9.47 Å². The lowest BCUT2D eigenvalue weighted by atomic mass is 10.1. The van der Waals surface area contributed by atoms with Gasteiger partial charge >= 0.3 is 0 Å². The smallest absolute Gasteiger partial charge is 0.122 e. The molecule has 0 bridgehead atoms. The predicted molar refractivity (Wildman–Crippen MR) is 77.6 cm³/mol. The van der Waals surface area contributed by atoms with E-state index in [1.165, 1.54) is 5.56 Å². The van der Waals surface area contributed by atoms with Crippen LogP contribution in [0.1, 0.15) is 18.1 Å². The zero-order valence-corrected chi connectivity index (χ0v) is 11.3. The average Bonchev–Trinajstić information content (AvgIpc) is 2.46. The number of anilines is 1. The fourth-order valence-electron chi connectivity index (χ4n) is 1.93. The van der Waals surface area contributed by atoms with Crippen LogP contribution in [0.25, 0.3) is 0 Å². The van der Waals surface area contributed by atoms with Crippen molar-refractivity contribution in [1.82, 2.24) is 0 Å². The second-order valence-electron chi connectivity index (χ2n) is 4.36. The number of hydrogen-bond acceptors (Lipinski definition) is 3. The van der Waals surface area contributed by atoms with Crippen molar-refractivity contribution in [2.75, 3.05) is 12.8 Å². The number of hydrogen-bond donors (Lipinski definition) is 1. The van der Waals surface area contributed by atoms with Crippen LogP contribution in [0.4, 0.5) is 5.69 Å². The summed E-state index contributed by atoms with van der Waals surface area (Å²) in [5, 5.41) is 0. The zero-order valence-electron chi connectivity index (χ0n) is 11.3. The normalized spacial score (nSPS) is 10.2. The molecule has 0 spiro atoms. The minimum Gasteiger partial charge on any atom is -0.496 e. The van der Waals surface area contributed by atoms with Gasteiger partial charge in [0.1, 0.15) is 18.1 Å². The average molecular weight is 257 g/mol. The summed E-state index contributed by atoms with van der Waals surface area (Å²) < 4.78 is 11.0. The molecule has 2 aromatic carbocycles. The van der Waals surface area contributed by atoms with E-state index in [1.807, 2.05) is 36.4 Å². The fourth-order valence-corrected chi connectivity index (χ4v) is 1.93. The number of benzene rings is 2. The van der Waals surface area contributed by atoms with E-state index in [0.29, 0.717) is 6.61 Å². The van der Waals surface area contributed by atoms with Crippen LogP contribution in [-0.2, 0) is 13.0 Å². The predicted octanol–water partition coefficient (Wildman–Crippen LogP) is 3.42. The number of nitrogen functional groups attached to an aromatic ring is 1. The molecule has 3 nitrogen and oxygen atoms in total. The van der Waals surface area contributed by atoms with Crippen LogP contribution in [-0.4, -0.2) is 7.11 Å². The van der Waals surface area contributed by atoms with Gasteiger partial charge in [0, 0.05) is 5.69 Å². The van der Waals surface area contributed by atoms with Gasteiger partial charge in [-0.2, -0.15) is 0 Å². The summed E-state index contributed by atoms with van der Waals surface area (Å²) in [6.07, 6.45) is 0.943. The van der Waals surface area contributed by atoms with Gasteiger partial charge in [-0.25, -0.2) is 0 Å². The molecule has 0 atom stereocenters. The summed E-state index contributed by atoms with van der Waals surface area (Å²) in [5.74, 6) is 1.75. The first-order chi connectivity index (χ1) is 9.22. The van der Waals surface area contributed by atoms with E-state index in [2.05, 4.69) is 13.0 Å². The van der Waals surface area contributed by atoms with E-state index >= 15 is 0 Å². The van der Waals surface area contributed by atoms with Gasteiger partial charge in [0.15, 0.2) is 0 Å². The Hall–Kier alpha value is -2.16. The molecule has 0 heterocycles. The van der Waals surface area contributed by atoms with Crippen LogP contribution >= 0.6 is 0 Å². The van der Waals surface area contributed by atoms with E-state index in [9.17, 15) is 0 Å². The van der Waals surface area contributed by atoms with Crippen molar-refractivity contribution >= 4 is 5.69 Å². The Kier molecular flexibility index (Phi) is 4.29. The highest BCUT2D eigenvalue weighted by Gasteiger charge is 2.03. The number of ether oxygens (including phenoxy) is 2. The second kappa shape index (κ2) is 6.14. The molecule has 0 aliphatic heterocycles. The fraction of sp³-hybridized carbons (Fsp3) is 0.250. The number of methoxy groups -OCH3 is 1. The minimum atomic E-state index is 0.543. The van der Waals surface area contributed by atoms with Crippen LogP contribution in [0, 0.1) is 0 Å². The molecule has 0 saturated heterocycles. The molecule has 0 radical (unpaired) electrons. The molecule has 2 N–H and O–H groups in total. The largest absolute Gasteiger partial charge is 0.496 e. The Labute approximate surface area is 114 Å². The van der Waals surface area contributed by atoms with E-state index in [-0.39, 0.29) is 0 Å². The molecule has 0 amide bonds. The molecule has 0 aliphatic rings. The van der Waals surface area contributed by atoms with Crippen molar-refractivity contribution in [2.24, 2.45) is 0 Å². The van der Waals surface area contributed by atoms with Gasteiger partial charge in [0.05, 0.1) is 7.11 Å². The van der Waals surface area contributed by atoms with Crippen LogP contribution in [0.15, 0.2) is 42.5 Å². The minimum absolute atomic E-state index is 0.543. The molecular formula is C16H19NO2. The van der Waals surface area contributed by atoms with Crippen LogP contribution in [0.5, 0.6) is 11.5 Å². The summed E-state index contributed by atoms with van der Waals surface area (Å²) in [5.41, 5.74) is 8.70. The summed E-state index contributed by atoms with van der Waals surface area (Å²) in [6.45, 7) is 2.66. The first-order valence-electron chi connectivity index (χ1n) is 6.37. The van der Waals surface area contributed by atoms with Crippen molar-refractivity contribution in [3.63, 3.8) is 0 Å². The molecule has 0 unspecified atom stereocenters. The van der Waals surface area contributed by atoms with Gasteiger partial charge < -0.3 is 15.2 Å². The van der Waals surface area contributed by atoms with Crippen LogP contribution in [0.3, 0.4) is 0 Å².